The first-order valence-electron chi connectivity index (χ1n) is 5.81. The van der Waals surface area contributed by atoms with Gasteiger partial charge in [0.2, 0.25) is 5.91 Å². The van der Waals surface area contributed by atoms with Gasteiger partial charge in [0.1, 0.15) is 0 Å². The van der Waals surface area contributed by atoms with Gasteiger partial charge in [0.05, 0.1) is 12.6 Å². The van der Waals surface area contributed by atoms with Crippen LogP contribution in [0.1, 0.15) is 19.4 Å². The lowest BCUT2D eigenvalue weighted by molar-refractivity contribution is -0.120. The highest BCUT2D eigenvalue weighted by Gasteiger charge is 2.09. The Labute approximate surface area is 102 Å². The summed E-state index contributed by atoms with van der Waals surface area (Å²) in [6, 6.07) is 9.66. The lowest BCUT2D eigenvalue weighted by Crippen LogP contribution is -2.42. The van der Waals surface area contributed by atoms with Gasteiger partial charge in [-0.2, -0.15) is 0 Å². The van der Waals surface area contributed by atoms with E-state index in [1.165, 1.54) is 0 Å². The normalized spacial score (nSPS) is 14.1. The SMILES string of the molecule is CC(O)C(C)NCC(=O)NCc1ccccc1. The lowest BCUT2D eigenvalue weighted by Gasteiger charge is -2.16. The Hall–Kier alpha value is -1.39. The van der Waals surface area contributed by atoms with Crippen LogP contribution in [-0.4, -0.2) is 29.7 Å². The predicted octanol–water partition coefficient (Wildman–Crippen LogP) is 0.662. The maximum Gasteiger partial charge on any atom is 0.234 e. The molecule has 4 heteroatoms. The number of hydrogen-bond acceptors (Lipinski definition) is 3. The van der Waals surface area contributed by atoms with E-state index in [1.54, 1.807) is 6.92 Å². The molecule has 0 spiro atoms. The van der Waals surface area contributed by atoms with Gasteiger partial charge in [0, 0.05) is 12.6 Å². The van der Waals surface area contributed by atoms with Crippen molar-refractivity contribution in [2.45, 2.75) is 32.5 Å². The van der Waals surface area contributed by atoms with Crippen LogP contribution in [0.5, 0.6) is 0 Å². The molecule has 0 fully saturated rings. The van der Waals surface area contributed by atoms with E-state index in [9.17, 15) is 9.90 Å². The lowest BCUT2D eigenvalue weighted by atomic mass is 10.2. The molecule has 1 aromatic rings. The molecule has 0 saturated carbocycles. The number of benzene rings is 1. The fourth-order valence-corrected chi connectivity index (χ4v) is 1.28. The van der Waals surface area contributed by atoms with Gasteiger partial charge in [-0.3, -0.25) is 4.79 Å². The van der Waals surface area contributed by atoms with Crippen LogP contribution in [0.25, 0.3) is 0 Å². The third-order valence-electron chi connectivity index (χ3n) is 2.64. The zero-order valence-corrected chi connectivity index (χ0v) is 10.3. The molecule has 3 N–H and O–H groups in total. The Kier molecular flexibility index (Phi) is 5.66. The topological polar surface area (TPSA) is 61.4 Å². The number of amides is 1. The molecule has 0 aliphatic rings. The molecule has 0 saturated heterocycles. The van der Waals surface area contributed by atoms with E-state index in [4.69, 9.17) is 0 Å². The molecular weight excluding hydrogens is 216 g/mol. The minimum atomic E-state index is -0.461. The fraction of sp³-hybridized carbons (Fsp3) is 0.462. The average molecular weight is 236 g/mol. The molecule has 1 rings (SSSR count). The monoisotopic (exact) mass is 236 g/mol. The molecule has 2 unspecified atom stereocenters. The number of carbonyl (C=O) groups is 1. The van der Waals surface area contributed by atoms with Crippen LogP contribution in [0.4, 0.5) is 0 Å². The molecule has 4 nitrogen and oxygen atoms in total. The van der Waals surface area contributed by atoms with E-state index in [-0.39, 0.29) is 18.5 Å². The maximum absolute atomic E-state index is 11.5. The summed E-state index contributed by atoms with van der Waals surface area (Å²) in [6.45, 7) is 4.29. The number of hydrogen-bond donors (Lipinski definition) is 3. The van der Waals surface area contributed by atoms with E-state index in [2.05, 4.69) is 10.6 Å². The summed E-state index contributed by atoms with van der Waals surface area (Å²) in [5.41, 5.74) is 1.07. The van der Waals surface area contributed by atoms with Crippen LogP contribution in [0.3, 0.4) is 0 Å². The van der Waals surface area contributed by atoms with Crippen molar-refractivity contribution < 1.29 is 9.90 Å². The summed E-state index contributed by atoms with van der Waals surface area (Å²) in [6.07, 6.45) is -0.461. The molecular formula is C13H20N2O2. The van der Waals surface area contributed by atoms with Crippen molar-refractivity contribution in [1.82, 2.24) is 10.6 Å². The Bertz CT molecular complexity index is 339. The van der Waals surface area contributed by atoms with Crippen LogP contribution >= 0.6 is 0 Å². The molecule has 0 radical (unpaired) electrons. The second-order valence-electron chi connectivity index (χ2n) is 4.17. The average Bonchev–Trinajstić information content (AvgIpc) is 2.34. The molecule has 17 heavy (non-hydrogen) atoms. The summed E-state index contributed by atoms with van der Waals surface area (Å²) in [5, 5.41) is 15.0. The standard InChI is InChI=1S/C13H20N2O2/c1-10(11(2)16)14-9-13(17)15-8-12-6-4-3-5-7-12/h3-7,10-11,14,16H,8-9H2,1-2H3,(H,15,17). The van der Waals surface area contributed by atoms with Gasteiger partial charge >= 0.3 is 0 Å². The first-order chi connectivity index (χ1) is 8.09. The molecule has 2 atom stereocenters. The summed E-state index contributed by atoms with van der Waals surface area (Å²) in [5.74, 6) is -0.0682. The van der Waals surface area contributed by atoms with Gasteiger partial charge in [0.25, 0.3) is 0 Å². The molecule has 1 aromatic carbocycles. The Balaban J connectivity index is 2.22. The van der Waals surface area contributed by atoms with Gasteiger partial charge in [-0.1, -0.05) is 30.3 Å². The van der Waals surface area contributed by atoms with Crippen LogP contribution in [0.2, 0.25) is 0 Å². The Morgan fingerprint density at radius 2 is 1.94 bits per heavy atom. The Morgan fingerprint density at radius 3 is 2.53 bits per heavy atom. The summed E-state index contributed by atoms with van der Waals surface area (Å²) >= 11 is 0. The number of aliphatic hydroxyl groups excluding tert-OH is 1. The summed E-state index contributed by atoms with van der Waals surface area (Å²) in [7, 11) is 0. The molecule has 0 bridgehead atoms. The van der Waals surface area contributed by atoms with Crippen molar-refractivity contribution in [3.63, 3.8) is 0 Å². The molecule has 0 aliphatic heterocycles. The van der Waals surface area contributed by atoms with Crippen molar-refractivity contribution >= 4 is 5.91 Å². The van der Waals surface area contributed by atoms with E-state index >= 15 is 0 Å². The number of nitrogens with one attached hydrogen (secondary N) is 2. The number of aliphatic hydroxyl groups is 1. The molecule has 0 aromatic heterocycles. The zero-order chi connectivity index (χ0) is 12.7. The third kappa shape index (κ3) is 5.47. The van der Waals surface area contributed by atoms with Gasteiger partial charge in [-0.15, -0.1) is 0 Å². The van der Waals surface area contributed by atoms with Gasteiger partial charge in [-0.25, -0.2) is 0 Å². The van der Waals surface area contributed by atoms with Gasteiger partial charge in [0.15, 0.2) is 0 Å². The van der Waals surface area contributed by atoms with Crippen LogP contribution in [-0.2, 0) is 11.3 Å². The van der Waals surface area contributed by atoms with E-state index in [1.807, 2.05) is 37.3 Å². The summed E-state index contributed by atoms with van der Waals surface area (Å²) < 4.78 is 0. The van der Waals surface area contributed by atoms with Crippen molar-refractivity contribution in [2.24, 2.45) is 0 Å². The number of rotatable bonds is 6. The van der Waals surface area contributed by atoms with Crippen LogP contribution in [0.15, 0.2) is 30.3 Å². The number of carbonyl (C=O) groups excluding carboxylic acids is 1. The highest BCUT2D eigenvalue weighted by atomic mass is 16.3. The van der Waals surface area contributed by atoms with Crippen molar-refractivity contribution in [3.05, 3.63) is 35.9 Å². The highest BCUT2D eigenvalue weighted by molar-refractivity contribution is 5.78. The smallest absolute Gasteiger partial charge is 0.234 e. The predicted molar refractivity (Wildman–Crippen MR) is 67.4 cm³/mol. The van der Waals surface area contributed by atoms with Crippen LogP contribution < -0.4 is 10.6 Å². The molecule has 0 aliphatic carbocycles. The minimum Gasteiger partial charge on any atom is -0.392 e. The molecule has 94 valence electrons. The fourth-order valence-electron chi connectivity index (χ4n) is 1.28. The minimum absolute atomic E-state index is 0.0682. The summed E-state index contributed by atoms with van der Waals surface area (Å²) in [4.78, 5) is 11.5. The van der Waals surface area contributed by atoms with Crippen molar-refractivity contribution in [3.8, 4) is 0 Å². The van der Waals surface area contributed by atoms with E-state index in [0.717, 1.165) is 5.56 Å². The Morgan fingerprint density at radius 1 is 1.29 bits per heavy atom. The third-order valence-corrected chi connectivity index (χ3v) is 2.64. The van der Waals surface area contributed by atoms with E-state index < -0.39 is 6.10 Å². The largest absolute Gasteiger partial charge is 0.392 e. The molecule has 1 amide bonds. The van der Waals surface area contributed by atoms with E-state index in [0.29, 0.717) is 6.54 Å². The highest BCUT2D eigenvalue weighted by Crippen LogP contribution is 1.96. The zero-order valence-electron chi connectivity index (χ0n) is 10.3. The first-order valence-corrected chi connectivity index (χ1v) is 5.81. The second kappa shape index (κ2) is 7.04. The van der Waals surface area contributed by atoms with Crippen molar-refractivity contribution in [2.75, 3.05) is 6.54 Å². The van der Waals surface area contributed by atoms with Gasteiger partial charge in [-0.05, 0) is 19.4 Å². The quantitative estimate of drug-likeness (QED) is 0.680. The van der Waals surface area contributed by atoms with Crippen molar-refractivity contribution in [1.29, 1.82) is 0 Å². The second-order valence-corrected chi connectivity index (χ2v) is 4.17. The van der Waals surface area contributed by atoms with Gasteiger partial charge < -0.3 is 15.7 Å². The maximum atomic E-state index is 11.5. The first kappa shape index (κ1) is 13.7. The molecule has 0 heterocycles. The van der Waals surface area contributed by atoms with Crippen LogP contribution in [0, 0.1) is 0 Å².